The zero-order valence-electron chi connectivity index (χ0n) is 24.5. The maximum absolute atomic E-state index is 11.5. The van der Waals surface area contributed by atoms with Gasteiger partial charge in [-0.15, -0.1) is 0 Å². The van der Waals surface area contributed by atoms with Crippen LogP contribution in [0.2, 0.25) is 0 Å². The van der Waals surface area contributed by atoms with Gasteiger partial charge >= 0.3 is 5.97 Å². The molecule has 2 fully saturated rings. The number of hydrogen-bond acceptors (Lipinski definition) is 6. The Kier molecular flexibility index (Phi) is 20.0. The molecule has 0 aromatic rings. The molecule has 0 spiro atoms. The van der Waals surface area contributed by atoms with Gasteiger partial charge in [-0.25, -0.2) is 0 Å². The Morgan fingerprint density at radius 3 is 2.19 bits per heavy atom. The largest absolute Gasteiger partial charge is 0.480 e. The Morgan fingerprint density at radius 1 is 1.11 bits per heavy atom. The van der Waals surface area contributed by atoms with Gasteiger partial charge in [0.25, 0.3) is 0 Å². The number of aliphatic hydroxyl groups is 1. The van der Waals surface area contributed by atoms with Gasteiger partial charge in [-0.05, 0) is 46.0 Å². The van der Waals surface area contributed by atoms with E-state index in [-0.39, 0.29) is 19.0 Å². The second kappa shape index (κ2) is 21.1. The van der Waals surface area contributed by atoms with Crippen molar-refractivity contribution >= 4 is 11.9 Å². The van der Waals surface area contributed by atoms with Crippen molar-refractivity contribution in [2.75, 3.05) is 39.3 Å². The Morgan fingerprint density at radius 2 is 1.76 bits per heavy atom. The number of nitrogens with one attached hydrogen (secondary N) is 2. The molecule has 0 aromatic carbocycles. The normalized spacial score (nSPS) is 19.9. The number of hydrogen-bond donors (Lipinski definition) is 4. The van der Waals surface area contributed by atoms with Crippen molar-refractivity contribution in [3.8, 4) is 0 Å². The van der Waals surface area contributed by atoms with Gasteiger partial charge in [0.15, 0.2) is 0 Å². The maximum Gasteiger partial charge on any atom is 0.317 e. The van der Waals surface area contributed by atoms with Crippen LogP contribution < -0.4 is 10.6 Å². The van der Waals surface area contributed by atoms with Crippen LogP contribution >= 0.6 is 0 Å². The van der Waals surface area contributed by atoms with E-state index in [4.69, 9.17) is 10.2 Å². The number of aliphatic carboxylic acids is 1. The molecule has 1 saturated carbocycles. The molecule has 37 heavy (non-hydrogen) atoms. The number of carboxylic acids is 1. The lowest BCUT2D eigenvalue weighted by atomic mass is 9.91. The summed E-state index contributed by atoms with van der Waals surface area (Å²) in [6, 6.07) is 0.300. The second-order valence-electron chi connectivity index (χ2n) is 10.2. The fraction of sp³-hybridized carbons (Fsp3) is 0.793. The molecule has 1 amide bonds. The number of likely N-dealkylation sites (tertiary alicyclic amines) is 1. The standard InChI is InChI=1S/C11H20N2O.C9H16N2O3.C7H14.C2H6/c1-9(2)13-7-5-11(8-13)4-6-12-10(3)14;1-7-3-2-4-11(7)8(12)5-10-6-9(13)14;1-7-5-3-2-4-6-7;1-2/h5,10,12,14H,1,4,6-8H2,2-3H3;7,10H,2-6H2,1H3,(H,13,14);7H,2-6H2,1H3;1-2H3/t;7-;;/m.1../s1. The first-order valence-corrected chi connectivity index (χ1v) is 14.3. The smallest absolute Gasteiger partial charge is 0.317 e. The number of nitrogens with zero attached hydrogens (tertiary/aromatic N) is 2. The molecule has 8 heteroatoms. The van der Waals surface area contributed by atoms with E-state index in [2.05, 4.69) is 35.1 Å². The van der Waals surface area contributed by atoms with E-state index in [0.717, 1.165) is 57.1 Å². The molecule has 2 heterocycles. The Bertz CT molecular complexity index is 675. The predicted molar refractivity (Wildman–Crippen MR) is 153 cm³/mol. The first-order chi connectivity index (χ1) is 17.6. The minimum atomic E-state index is -0.938. The molecular weight excluding hydrogens is 468 g/mol. The van der Waals surface area contributed by atoms with Crippen molar-refractivity contribution in [1.82, 2.24) is 20.4 Å². The molecule has 1 saturated heterocycles. The highest BCUT2D eigenvalue weighted by Crippen LogP contribution is 2.22. The van der Waals surface area contributed by atoms with Gasteiger partial charge in [-0.1, -0.05) is 71.1 Å². The van der Waals surface area contributed by atoms with Crippen molar-refractivity contribution in [2.45, 2.75) is 105 Å². The highest BCUT2D eigenvalue weighted by atomic mass is 16.4. The SMILES string of the molecule is C=C(C)N1CC=C(CCNC(C)O)C1.CC.CC1CCCCC1.C[C@@H]1CCCN1C(=O)CNCC(=O)O. The van der Waals surface area contributed by atoms with Crippen LogP contribution in [0, 0.1) is 5.92 Å². The molecule has 216 valence electrons. The number of amides is 1. The predicted octanol–water partition coefficient (Wildman–Crippen LogP) is 4.36. The highest BCUT2D eigenvalue weighted by Gasteiger charge is 2.24. The summed E-state index contributed by atoms with van der Waals surface area (Å²) < 4.78 is 0. The van der Waals surface area contributed by atoms with Crippen LogP contribution in [0.4, 0.5) is 0 Å². The molecule has 2 aliphatic heterocycles. The number of rotatable bonds is 9. The Balaban J connectivity index is 0.000000533. The maximum atomic E-state index is 11.5. The molecule has 2 atom stereocenters. The van der Waals surface area contributed by atoms with Crippen LogP contribution in [-0.2, 0) is 9.59 Å². The minimum absolute atomic E-state index is 0.00347. The summed E-state index contributed by atoms with van der Waals surface area (Å²) in [5, 5.41) is 22.9. The molecule has 8 nitrogen and oxygen atoms in total. The first-order valence-electron chi connectivity index (χ1n) is 14.3. The van der Waals surface area contributed by atoms with E-state index in [1.807, 2.05) is 27.7 Å². The average molecular weight is 525 g/mol. The minimum Gasteiger partial charge on any atom is -0.480 e. The van der Waals surface area contributed by atoms with Crippen LogP contribution in [0.1, 0.15) is 92.9 Å². The molecule has 0 aromatic heterocycles. The Labute approximate surface area is 226 Å². The third kappa shape index (κ3) is 17.3. The molecular formula is C29H56N4O4. The third-order valence-electron chi connectivity index (χ3n) is 6.74. The molecule has 4 N–H and O–H groups in total. The van der Waals surface area contributed by atoms with Crippen molar-refractivity contribution in [3.63, 3.8) is 0 Å². The van der Waals surface area contributed by atoms with E-state index < -0.39 is 12.2 Å². The summed E-state index contributed by atoms with van der Waals surface area (Å²) in [5.41, 5.74) is 2.56. The molecule has 1 unspecified atom stereocenters. The van der Waals surface area contributed by atoms with Gasteiger partial charge in [-0.3, -0.25) is 20.2 Å². The van der Waals surface area contributed by atoms with Gasteiger partial charge in [0.05, 0.1) is 13.1 Å². The summed E-state index contributed by atoms with van der Waals surface area (Å²) in [7, 11) is 0. The Hall–Kier alpha value is -1.90. The highest BCUT2D eigenvalue weighted by molar-refractivity contribution is 5.79. The summed E-state index contributed by atoms with van der Waals surface area (Å²) in [6.07, 6.45) is 12.4. The number of aliphatic hydroxyl groups excluding tert-OH is 1. The van der Waals surface area contributed by atoms with Crippen LogP contribution in [0.25, 0.3) is 0 Å². The summed E-state index contributed by atoms with van der Waals surface area (Å²) in [5.74, 6) is 0.0947. The fourth-order valence-electron chi connectivity index (χ4n) is 4.52. The number of allylic oxidation sites excluding steroid dienone is 1. The van der Waals surface area contributed by atoms with E-state index in [1.165, 1.54) is 37.7 Å². The molecule has 1 aliphatic carbocycles. The van der Waals surface area contributed by atoms with Crippen molar-refractivity contribution < 1.29 is 19.8 Å². The first kappa shape index (κ1) is 35.1. The third-order valence-corrected chi connectivity index (χ3v) is 6.74. The summed E-state index contributed by atoms with van der Waals surface area (Å²) in [4.78, 5) is 25.7. The van der Waals surface area contributed by atoms with Gasteiger partial charge < -0.3 is 20.0 Å². The molecule has 3 rings (SSSR count). The van der Waals surface area contributed by atoms with Gasteiger partial charge in [0.2, 0.25) is 5.91 Å². The van der Waals surface area contributed by atoms with Crippen LogP contribution in [0.5, 0.6) is 0 Å². The number of carbonyl (C=O) groups excluding carboxylic acids is 1. The second-order valence-corrected chi connectivity index (χ2v) is 10.2. The topological polar surface area (TPSA) is 105 Å². The van der Waals surface area contributed by atoms with Gasteiger partial charge in [0, 0.05) is 37.9 Å². The number of carbonyl (C=O) groups is 2. The molecule has 3 aliphatic rings. The quantitative estimate of drug-likeness (QED) is 0.262. The van der Waals surface area contributed by atoms with E-state index >= 15 is 0 Å². The summed E-state index contributed by atoms with van der Waals surface area (Å²) >= 11 is 0. The van der Waals surface area contributed by atoms with Crippen LogP contribution in [0.3, 0.4) is 0 Å². The zero-order chi connectivity index (χ0) is 28.2. The van der Waals surface area contributed by atoms with Crippen molar-refractivity contribution in [3.05, 3.63) is 23.9 Å². The fourth-order valence-corrected chi connectivity index (χ4v) is 4.52. The number of carboxylic acid groups (broad SMARTS) is 1. The average Bonchev–Trinajstić information content (AvgIpc) is 3.50. The van der Waals surface area contributed by atoms with Crippen molar-refractivity contribution in [2.24, 2.45) is 5.92 Å². The van der Waals surface area contributed by atoms with Gasteiger partial charge in [0.1, 0.15) is 6.23 Å². The lowest BCUT2D eigenvalue weighted by molar-refractivity contribution is -0.136. The van der Waals surface area contributed by atoms with E-state index in [1.54, 1.807) is 11.8 Å². The lowest BCUT2D eigenvalue weighted by Crippen LogP contribution is -2.41. The van der Waals surface area contributed by atoms with E-state index in [9.17, 15) is 9.59 Å². The van der Waals surface area contributed by atoms with Gasteiger partial charge in [-0.2, -0.15) is 0 Å². The van der Waals surface area contributed by atoms with Crippen LogP contribution in [-0.4, -0.2) is 83.4 Å². The van der Waals surface area contributed by atoms with E-state index in [0.29, 0.717) is 6.04 Å². The lowest BCUT2D eigenvalue weighted by Gasteiger charge is -2.21. The molecule has 0 radical (unpaired) electrons. The van der Waals surface area contributed by atoms with Crippen molar-refractivity contribution in [1.29, 1.82) is 0 Å². The summed E-state index contributed by atoms with van der Waals surface area (Å²) in [6.45, 7) is 19.7. The monoisotopic (exact) mass is 524 g/mol. The molecule has 0 bridgehead atoms. The van der Waals surface area contributed by atoms with Crippen LogP contribution in [0.15, 0.2) is 23.9 Å². The zero-order valence-corrected chi connectivity index (χ0v) is 24.5.